The lowest BCUT2D eigenvalue weighted by molar-refractivity contribution is 0.143. The maximum atomic E-state index is 12.8. The fourth-order valence-corrected chi connectivity index (χ4v) is 7.20. The van der Waals surface area contributed by atoms with E-state index in [1.54, 1.807) is 23.7 Å². The summed E-state index contributed by atoms with van der Waals surface area (Å²) in [7, 11) is -1.12. The van der Waals surface area contributed by atoms with Gasteiger partial charge in [0.15, 0.2) is 5.82 Å². The van der Waals surface area contributed by atoms with Gasteiger partial charge >= 0.3 is 0 Å². The van der Waals surface area contributed by atoms with Crippen LogP contribution in [0.15, 0.2) is 23.4 Å². The molecule has 0 radical (unpaired) electrons. The molecule has 0 bridgehead atoms. The molecule has 0 amide bonds. The Morgan fingerprint density at radius 1 is 1.21 bits per heavy atom. The Morgan fingerprint density at radius 2 is 2.03 bits per heavy atom. The lowest BCUT2D eigenvalue weighted by atomic mass is 9.77. The number of nitrogens with zero attached hydrogens (tertiary/aromatic N) is 5. The summed E-state index contributed by atoms with van der Waals surface area (Å²) in [5.41, 5.74) is 1.72. The molecule has 5 heterocycles. The standard InChI is InChI=1S/C22H23ClN6O2S2/c23-14-8-24-19(25-9-14)16-7-13-10-29(11-17(13)32-16)21-26-15-3-1-6-33(31)18(15)20(27-21)28-22(12-30)4-2-5-22/h7-9,30H,1-6,10-12H2,(H,26,27,28)/t33-/m0/s1. The monoisotopic (exact) mass is 502 g/mol. The first kappa shape index (κ1) is 21.4. The minimum Gasteiger partial charge on any atom is -0.394 e. The number of hydrogen-bond acceptors (Lipinski definition) is 9. The average molecular weight is 503 g/mol. The summed E-state index contributed by atoms with van der Waals surface area (Å²) in [6.45, 7) is 1.45. The first-order chi connectivity index (χ1) is 16.0. The van der Waals surface area contributed by atoms with E-state index in [0.717, 1.165) is 47.6 Å². The molecular formula is C22H23ClN6O2S2. The summed E-state index contributed by atoms with van der Waals surface area (Å²) in [6.07, 6.45) is 7.73. The number of aliphatic hydroxyl groups excluding tert-OH is 1. The normalized spacial score (nSPS) is 20.8. The van der Waals surface area contributed by atoms with Crippen molar-refractivity contribution >= 4 is 45.5 Å². The third kappa shape index (κ3) is 3.82. The zero-order chi connectivity index (χ0) is 22.6. The summed E-state index contributed by atoms with van der Waals surface area (Å²) in [5.74, 6) is 2.59. The smallest absolute Gasteiger partial charge is 0.228 e. The molecule has 2 N–H and O–H groups in total. The highest BCUT2D eigenvalue weighted by molar-refractivity contribution is 7.85. The number of rotatable bonds is 5. The highest BCUT2D eigenvalue weighted by atomic mass is 35.5. The van der Waals surface area contributed by atoms with Crippen molar-refractivity contribution in [3.05, 3.63) is 39.6 Å². The van der Waals surface area contributed by atoms with Gasteiger partial charge in [-0.3, -0.25) is 4.21 Å². The van der Waals surface area contributed by atoms with Crippen molar-refractivity contribution in [3.8, 4) is 10.7 Å². The minimum absolute atomic E-state index is 0.0459. The van der Waals surface area contributed by atoms with Crippen molar-refractivity contribution in [1.82, 2.24) is 19.9 Å². The van der Waals surface area contributed by atoms with Gasteiger partial charge in [-0.1, -0.05) is 11.6 Å². The van der Waals surface area contributed by atoms with Crippen LogP contribution < -0.4 is 10.2 Å². The number of aromatic nitrogens is 4. The molecule has 1 atom stereocenters. The van der Waals surface area contributed by atoms with Crippen LogP contribution >= 0.6 is 22.9 Å². The Morgan fingerprint density at radius 3 is 2.73 bits per heavy atom. The van der Waals surface area contributed by atoms with Gasteiger partial charge in [-0.2, -0.15) is 4.98 Å². The van der Waals surface area contributed by atoms with E-state index in [4.69, 9.17) is 21.6 Å². The second-order valence-corrected chi connectivity index (χ2v) is 11.9. The van der Waals surface area contributed by atoms with E-state index in [2.05, 4.69) is 26.3 Å². The van der Waals surface area contributed by atoms with Crippen molar-refractivity contribution < 1.29 is 9.32 Å². The van der Waals surface area contributed by atoms with Crippen LogP contribution in [0.2, 0.25) is 5.02 Å². The third-order valence-electron chi connectivity index (χ3n) is 6.61. The molecule has 3 aromatic heterocycles. The van der Waals surface area contributed by atoms with Crippen LogP contribution in [0.5, 0.6) is 0 Å². The number of fused-ring (bicyclic) bond motifs is 2. The molecule has 0 saturated heterocycles. The van der Waals surface area contributed by atoms with Crippen molar-refractivity contribution in [2.45, 2.75) is 55.6 Å². The van der Waals surface area contributed by atoms with Gasteiger partial charge in [0.2, 0.25) is 5.95 Å². The van der Waals surface area contributed by atoms with Crippen molar-refractivity contribution in [1.29, 1.82) is 0 Å². The maximum Gasteiger partial charge on any atom is 0.228 e. The second-order valence-electron chi connectivity index (χ2n) is 8.86. The van der Waals surface area contributed by atoms with E-state index in [1.807, 2.05) is 0 Å². The van der Waals surface area contributed by atoms with Gasteiger partial charge in [0.25, 0.3) is 0 Å². The molecule has 6 rings (SSSR count). The Labute approximate surface area is 202 Å². The number of hydrogen-bond donors (Lipinski definition) is 2. The van der Waals surface area contributed by atoms with Crippen LogP contribution in [-0.2, 0) is 30.3 Å². The van der Waals surface area contributed by atoms with E-state index < -0.39 is 10.8 Å². The minimum atomic E-state index is -1.12. The Hall–Kier alpha value is -2.14. The largest absolute Gasteiger partial charge is 0.394 e. The fourth-order valence-electron chi connectivity index (χ4n) is 4.63. The molecule has 8 nitrogen and oxygen atoms in total. The highest BCUT2D eigenvalue weighted by Crippen LogP contribution is 2.40. The predicted molar refractivity (Wildman–Crippen MR) is 129 cm³/mol. The molecule has 3 aromatic rings. The lowest BCUT2D eigenvalue weighted by Crippen LogP contribution is -2.49. The topological polar surface area (TPSA) is 104 Å². The number of thiophene rings is 1. The first-order valence-corrected chi connectivity index (χ1v) is 13.6. The quantitative estimate of drug-likeness (QED) is 0.546. The molecule has 0 spiro atoms. The second kappa shape index (κ2) is 8.26. The Kier molecular flexibility index (Phi) is 5.36. The van der Waals surface area contributed by atoms with Crippen molar-refractivity contribution in [2.24, 2.45) is 0 Å². The number of halogens is 1. The fraction of sp³-hybridized carbons (Fsp3) is 0.455. The van der Waals surface area contributed by atoms with E-state index in [0.29, 0.717) is 41.5 Å². The molecule has 11 heteroatoms. The van der Waals surface area contributed by atoms with Gasteiger partial charge < -0.3 is 15.3 Å². The van der Waals surface area contributed by atoms with Crippen LogP contribution in [-0.4, -0.2) is 47.2 Å². The van der Waals surface area contributed by atoms with E-state index in [1.165, 1.54) is 10.4 Å². The van der Waals surface area contributed by atoms with Gasteiger partial charge in [-0.05, 0) is 43.7 Å². The van der Waals surface area contributed by atoms with Crippen molar-refractivity contribution in [3.63, 3.8) is 0 Å². The predicted octanol–water partition coefficient (Wildman–Crippen LogP) is 3.55. The first-order valence-electron chi connectivity index (χ1n) is 11.1. The number of aliphatic hydroxyl groups is 1. The van der Waals surface area contributed by atoms with E-state index in [-0.39, 0.29) is 12.1 Å². The van der Waals surface area contributed by atoms with Gasteiger partial charge in [-0.15, -0.1) is 11.3 Å². The number of aryl methyl sites for hydroxylation is 1. The molecule has 172 valence electrons. The molecule has 1 fully saturated rings. The van der Waals surface area contributed by atoms with E-state index >= 15 is 0 Å². The average Bonchev–Trinajstić information content (AvgIpc) is 3.36. The zero-order valence-corrected chi connectivity index (χ0v) is 20.3. The van der Waals surface area contributed by atoms with Gasteiger partial charge in [0, 0.05) is 29.6 Å². The summed E-state index contributed by atoms with van der Waals surface area (Å²) in [6, 6.07) is 2.13. The maximum absolute atomic E-state index is 12.8. The molecule has 1 aliphatic carbocycles. The van der Waals surface area contributed by atoms with E-state index in [9.17, 15) is 9.32 Å². The molecular weight excluding hydrogens is 480 g/mol. The highest BCUT2D eigenvalue weighted by Gasteiger charge is 2.39. The Balaban J connectivity index is 1.30. The molecule has 1 saturated carbocycles. The number of anilines is 2. The molecule has 33 heavy (non-hydrogen) atoms. The Bertz CT molecular complexity index is 1220. The van der Waals surface area contributed by atoms with Crippen LogP contribution in [0.3, 0.4) is 0 Å². The summed E-state index contributed by atoms with van der Waals surface area (Å²) in [5, 5.41) is 14.0. The summed E-state index contributed by atoms with van der Waals surface area (Å²) >= 11 is 7.59. The van der Waals surface area contributed by atoms with Crippen molar-refractivity contribution in [2.75, 3.05) is 22.6 Å². The van der Waals surface area contributed by atoms with Gasteiger partial charge in [-0.25, -0.2) is 15.0 Å². The number of nitrogens with one attached hydrogen (secondary N) is 1. The summed E-state index contributed by atoms with van der Waals surface area (Å²) in [4.78, 5) is 23.5. The molecule has 2 aliphatic heterocycles. The molecule has 0 unspecified atom stereocenters. The molecule has 0 aromatic carbocycles. The lowest BCUT2D eigenvalue weighted by Gasteiger charge is -2.42. The third-order valence-corrected chi connectivity index (χ3v) is 9.50. The zero-order valence-electron chi connectivity index (χ0n) is 17.9. The van der Waals surface area contributed by atoms with Gasteiger partial charge in [0.05, 0.1) is 45.1 Å². The molecule has 3 aliphatic rings. The van der Waals surface area contributed by atoms with Crippen LogP contribution in [0.1, 0.15) is 41.8 Å². The van der Waals surface area contributed by atoms with Crippen LogP contribution in [0.25, 0.3) is 10.7 Å². The van der Waals surface area contributed by atoms with Crippen LogP contribution in [0, 0.1) is 0 Å². The van der Waals surface area contributed by atoms with Gasteiger partial charge in [0.1, 0.15) is 10.7 Å². The van der Waals surface area contributed by atoms with Crippen LogP contribution in [0.4, 0.5) is 11.8 Å². The summed E-state index contributed by atoms with van der Waals surface area (Å²) < 4.78 is 12.8. The SMILES string of the molecule is O=[S@]1CCCc2nc(N3Cc4cc(-c5ncc(Cl)cn5)sc4C3)nc(NC3(CO)CCC3)c21.